The van der Waals surface area contributed by atoms with Crippen LogP contribution >= 0.6 is 0 Å². The minimum absolute atomic E-state index is 0.0463. The Hall–Kier alpha value is -2.66. The lowest BCUT2D eigenvalue weighted by Gasteiger charge is -2.12. The standard InChI is InChI=1S/C13H18O3.C10H12O2/c1-8-5-12(16-7-10(3)14)6-9(2)13(8)11(4)15;1-6-4-9(12)5-7(2)10(6)8(3)11/h5-6,10,14H,7H2,1-4H3;4-5,12H,1-3H3. The molecule has 0 saturated heterocycles. The molecule has 0 heterocycles. The molecule has 28 heavy (non-hydrogen) atoms. The maximum Gasteiger partial charge on any atom is 0.160 e. The van der Waals surface area contributed by atoms with Crippen molar-refractivity contribution >= 4 is 11.6 Å². The second-order valence-corrected chi connectivity index (χ2v) is 7.16. The van der Waals surface area contributed by atoms with E-state index in [-0.39, 0.29) is 23.9 Å². The first-order valence-electron chi connectivity index (χ1n) is 9.18. The SMILES string of the molecule is CC(=O)c1c(C)cc(O)cc1C.CC(=O)c1c(C)cc(OCC(C)O)cc1C. The van der Waals surface area contributed by atoms with Crippen LogP contribution in [0.1, 0.15) is 63.7 Å². The van der Waals surface area contributed by atoms with Crippen molar-refractivity contribution in [3.05, 3.63) is 57.6 Å². The highest BCUT2D eigenvalue weighted by atomic mass is 16.5. The Kier molecular flexibility index (Phi) is 8.38. The number of ether oxygens (including phenoxy) is 1. The molecular weight excluding hydrogens is 356 g/mol. The molecule has 0 spiro atoms. The fourth-order valence-corrected chi connectivity index (χ4v) is 3.28. The van der Waals surface area contributed by atoms with Crippen molar-refractivity contribution < 1.29 is 24.5 Å². The molecule has 5 heteroatoms. The smallest absolute Gasteiger partial charge is 0.160 e. The molecule has 0 amide bonds. The molecule has 0 saturated carbocycles. The molecule has 0 aliphatic heterocycles. The molecule has 0 aromatic heterocycles. The molecule has 0 aliphatic rings. The van der Waals surface area contributed by atoms with Crippen LogP contribution in [-0.2, 0) is 0 Å². The maximum absolute atomic E-state index is 11.4. The van der Waals surface area contributed by atoms with E-state index in [4.69, 9.17) is 9.84 Å². The summed E-state index contributed by atoms with van der Waals surface area (Å²) in [4.78, 5) is 22.5. The summed E-state index contributed by atoms with van der Waals surface area (Å²) in [5.74, 6) is 1.03. The molecular formula is C23H30O5. The molecule has 2 aromatic rings. The molecule has 0 bridgehead atoms. The first-order chi connectivity index (χ1) is 12.9. The predicted octanol–water partition coefficient (Wildman–Crippen LogP) is 4.48. The number of phenolic OH excluding ortho intramolecular Hbond substituents is 1. The van der Waals surface area contributed by atoms with Gasteiger partial charge in [-0.2, -0.15) is 0 Å². The van der Waals surface area contributed by atoms with E-state index in [0.29, 0.717) is 11.3 Å². The number of ketones is 2. The van der Waals surface area contributed by atoms with Crippen LogP contribution in [0.15, 0.2) is 24.3 Å². The molecule has 0 radical (unpaired) electrons. The lowest BCUT2D eigenvalue weighted by atomic mass is 9.99. The van der Waals surface area contributed by atoms with Crippen LogP contribution in [0.25, 0.3) is 0 Å². The van der Waals surface area contributed by atoms with Crippen molar-refractivity contribution in [1.29, 1.82) is 0 Å². The Balaban J connectivity index is 0.000000292. The number of Topliss-reactive ketones (excluding diaryl/α,β-unsaturated/α-hetero) is 2. The first kappa shape index (κ1) is 23.4. The number of aryl methyl sites for hydroxylation is 4. The minimum Gasteiger partial charge on any atom is -0.508 e. The van der Waals surface area contributed by atoms with Crippen LogP contribution in [0.3, 0.4) is 0 Å². The van der Waals surface area contributed by atoms with Crippen molar-refractivity contribution in [2.45, 2.75) is 54.6 Å². The second kappa shape index (κ2) is 10.0. The lowest BCUT2D eigenvalue weighted by Crippen LogP contribution is -2.13. The molecule has 0 fully saturated rings. The number of hydrogen-bond donors (Lipinski definition) is 2. The van der Waals surface area contributed by atoms with E-state index in [1.807, 2.05) is 39.8 Å². The van der Waals surface area contributed by atoms with Gasteiger partial charge in [-0.05, 0) is 95.0 Å². The van der Waals surface area contributed by atoms with E-state index in [0.717, 1.165) is 27.8 Å². The van der Waals surface area contributed by atoms with Crippen molar-refractivity contribution in [2.75, 3.05) is 6.61 Å². The van der Waals surface area contributed by atoms with E-state index >= 15 is 0 Å². The minimum atomic E-state index is -0.493. The van der Waals surface area contributed by atoms with Crippen LogP contribution in [-0.4, -0.2) is 34.5 Å². The predicted molar refractivity (Wildman–Crippen MR) is 111 cm³/mol. The van der Waals surface area contributed by atoms with Crippen LogP contribution < -0.4 is 4.74 Å². The summed E-state index contributed by atoms with van der Waals surface area (Å²) < 4.78 is 5.40. The highest BCUT2D eigenvalue weighted by molar-refractivity contribution is 5.97. The molecule has 0 aliphatic carbocycles. The highest BCUT2D eigenvalue weighted by Gasteiger charge is 2.10. The van der Waals surface area contributed by atoms with Gasteiger partial charge < -0.3 is 14.9 Å². The average molecular weight is 386 g/mol. The van der Waals surface area contributed by atoms with E-state index in [1.165, 1.54) is 6.92 Å². The number of hydrogen-bond acceptors (Lipinski definition) is 5. The second-order valence-electron chi connectivity index (χ2n) is 7.16. The van der Waals surface area contributed by atoms with E-state index in [9.17, 15) is 14.7 Å². The quantitative estimate of drug-likeness (QED) is 0.741. The Morgan fingerprint density at radius 3 is 1.54 bits per heavy atom. The Morgan fingerprint density at radius 2 is 1.21 bits per heavy atom. The molecule has 1 atom stereocenters. The van der Waals surface area contributed by atoms with Crippen molar-refractivity contribution in [2.24, 2.45) is 0 Å². The third-order valence-corrected chi connectivity index (χ3v) is 4.22. The van der Waals surface area contributed by atoms with Gasteiger partial charge in [-0.15, -0.1) is 0 Å². The molecule has 1 unspecified atom stereocenters. The van der Waals surface area contributed by atoms with Crippen LogP contribution in [0.5, 0.6) is 11.5 Å². The van der Waals surface area contributed by atoms with Crippen molar-refractivity contribution in [3.8, 4) is 11.5 Å². The molecule has 2 rings (SSSR count). The number of carbonyl (C=O) groups is 2. The third kappa shape index (κ3) is 6.50. The number of aliphatic hydroxyl groups is 1. The monoisotopic (exact) mass is 386 g/mol. The van der Waals surface area contributed by atoms with Crippen LogP contribution in [0.4, 0.5) is 0 Å². The molecule has 152 valence electrons. The number of aliphatic hydroxyl groups excluding tert-OH is 1. The van der Waals surface area contributed by atoms with E-state index in [1.54, 1.807) is 26.0 Å². The topological polar surface area (TPSA) is 83.8 Å². The summed E-state index contributed by atoms with van der Waals surface area (Å²) in [6.45, 7) is 12.4. The van der Waals surface area contributed by atoms with Gasteiger partial charge >= 0.3 is 0 Å². The van der Waals surface area contributed by atoms with Crippen LogP contribution in [0.2, 0.25) is 0 Å². The van der Waals surface area contributed by atoms with Crippen molar-refractivity contribution in [3.63, 3.8) is 0 Å². The van der Waals surface area contributed by atoms with E-state index < -0.39 is 6.10 Å². The van der Waals surface area contributed by atoms with Gasteiger partial charge in [0.25, 0.3) is 0 Å². The zero-order valence-corrected chi connectivity index (χ0v) is 17.7. The zero-order chi connectivity index (χ0) is 21.6. The molecule has 5 nitrogen and oxygen atoms in total. The summed E-state index contributed by atoms with van der Waals surface area (Å²) in [5.41, 5.74) is 4.96. The van der Waals surface area contributed by atoms with Gasteiger partial charge in [0.2, 0.25) is 0 Å². The lowest BCUT2D eigenvalue weighted by molar-refractivity contribution is 0.100. The van der Waals surface area contributed by atoms with E-state index in [2.05, 4.69) is 0 Å². The number of aromatic hydroxyl groups is 1. The number of phenols is 1. The van der Waals surface area contributed by atoms with Gasteiger partial charge in [0.15, 0.2) is 11.6 Å². The van der Waals surface area contributed by atoms with Gasteiger partial charge in [0.05, 0.1) is 6.10 Å². The first-order valence-corrected chi connectivity index (χ1v) is 9.18. The number of benzene rings is 2. The summed E-state index contributed by atoms with van der Waals surface area (Å²) in [6, 6.07) is 6.85. The molecule has 2 aromatic carbocycles. The number of rotatable bonds is 5. The fraction of sp³-hybridized carbons (Fsp3) is 0.391. The normalized spacial score (nSPS) is 11.3. The van der Waals surface area contributed by atoms with Gasteiger partial charge in [-0.1, -0.05) is 0 Å². The molecule has 2 N–H and O–H groups in total. The Morgan fingerprint density at radius 1 is 0.857 bits per heavy atom. The Bertz CT molecular complexity index is 819. The van der Waals surface area contributed by atoms with Gasteiger partial charge in [-0.25, -0.2) is 0 Å². The van der Waals surface area contributed by atoms with Gasteiger partial charge in [0, 0.05) is 11.1 Å². The summed E-state index contributed by atoms with van der Waals surface area (Å²) >= 11 is 0. The third-order valence-electron chi connectivity index (χ3n) is 4.22. The Labute approximate surface area is 167 Å². The fourth-order valence-electron chi connectivity index (χ4n) is 3.28. The zero-order valence-electron chi connectivity index (χ0n) is 17.7. The van der Waals surface area contributed by atoms with Gasteiger partial charge in [-0.3, -0.25) is 9.59 Å². The maximum atomic E-state index is 11.4. The summed E-state index contributed by atoms with van der Waals surface area (Å²) in [6.07, 6.45) is -0.493. The van der Waals surface area contributed by atoms with Crippen LogP contribution in [0, 0.1) is 27.7 Å². The van der Waals surface area contributed by atoms with Gasteiger partial charge in [0.1, 0.15) is 18.1 Å². The number of carbonyl (C=O) groups excluding carboxylic acids is 2. The highest BCUT2D eigenvalue weighted by Crippen LogP contribution is 2.22. The average Bonchev–Trinajstić information content (AvgIpc) is 2.51. The largest absolute Gasteiger partial charge is 0.508 e. The summed E-state index contributed by atoms with van der Waals surface area (Å²) in [5, 5.41) is 18.3. The van der Waals surface area contributed by atoms with Crippen molar-refractivity contribution in [1.82, 2.24) is 0 Å². The summed E-state index contributed by atoms with van der Waals surface area (Å²) in [7, 11) is 0.